The Labute approximate surface area is 171 Å². The molecule has 0 fully saturated rings. The van der Waals surface area contributed by atoms with Crippen LogP contribution in [-0.2, 0) is 10.5 Å². The minimum absolute atomic E-state index is 0.140. The molecule has 2 aliphatic rings. The van der Waals surface area contributed by atoms with Crippen molar-refractivity contribution in [1.82, 2.24) is 19.7 Å². The fourth-order valence-electron chi connectivity index (χ4n) is 3.78. The van der Waals surface area contributed by atoms with Gasteiger partial charge in [0.25, 0.3) is 0 Å². The molecule has 5 rings (SSSR count). The Bertz CT molecular complexity index is 1090. The maximum atomic E-state index is 12.8. The second-order valence-corrected chi connectivity index (χ2v) is 8.00. The van der Waals surface area contributed by atoms with Crippen molar-refractivity contribution in [1.29, 1.82) is 0 Å². The van der Waals surface area contributed by atoms with Crippen LogP contribution in [0, 0.1) is 0 Å². The van der Waals surface area contributed by atoms with E-state index in [1.54, 1.807) is 23.0 Å². The van der Waals surface area contributed by atoms with Crippen LogP contribution in [0.5, 0.6) is 5.75 Å². The SMILES string of the molecule is O=C1CCCC2=C1[C@H](c1ccc(O)cc1)n1nc(SCc3ccccn3)nc1N2. The lowest BCUT2D eigenvalue weighted by atomic mass is 9.85. The van der Waals surface area contributed by atoms with E-state index in [0.717, 1.165) is 35.4 Å². The van der Waals surface area contributed by atoms with E-state index in [-0.39, 0.29) is 17.6 Å². The molecule has 3 heterocycles. The summed E-state index contributed by atoms with van der Waals surface area (Å²) in [5, 5.41) is 18.3. The molecule has 2 aromatic heterocycles. The zero-order valence-electron chi connectivity index (χ0n) is 15.6. The van der Waals surface area contributed by atoms with Crippen molar-refractivity contribution in [2.75, 3.05) is 5.32 Å². The molecular formula is C21H19N5O2S. The number of nitrogens with zero attached hydrogens (tertiary/aromatic N) is 4. The maximum absolute atomic E-state index is 12.8. The van der Waals surface area contributed by atoms with Crippen LogP contribution < -0.4 is 5.32 Å². The summed E-state index contributed by atoms with van der Waals surface area (Å²) in [7, 11) is 0. The third-order valence-electron chi connectivity index (χ3n) is 5.13. The number of fused-ring (bicyclic) bond motifs is 1. The van der Waals surface area contributed by atoms with Gasteiger partial charge in [-0.2, -0.15) is 4.98 Å². The number of Topliss-reactive ketones (excluding diaryl/α,β-unsaturated/α-hetero) is 1. The van der Waals surface area contributed by atoms with Crippen molar-refractivity contribution < 1.29 is 9.90 Å². The normalized spacial score (nSPS) is 18.2. The van der Waals surface area contributed by atoms with Crippen LogP contribution in [0.3, 0.4) is 0 Å². The Kier molecular flexibility index (Phi) is 4.55. The van der Waals surface area contributed by atoms with E-state index in [1.807, 2.05) is 30.3 Å². The highest BCUT2D eigenvalue weighted by molar-refractivity contribution is 7.98. The fourth-order valence-corrected chi connectivity index (χ4v) is 4.53. The molecule has 0 amide bonds. The quantitative estimate of drug-likeness (QED) is 0.640. The molecule has 1 aliphatic carbocycles. The lowest BCUT2D eigenvalue weighted by Crippen LogP contribution is -2.31. The molecule has 1 aliphatic heterocycles. The van der Waals surface area contributed by atoms with Crippen molar-refractivity contribution in [3.05, 3.63) is 71.2 Å². The van der Waals surface area contributed by atoms with Gasteiger partial charge in [-0.15, -0.1) is 5.10 Å². The number of hydrogen-bond donors (Lipinski definition) is 2. The number of allylic oxidation sites excluding steroid dienone is 2. The summed E-state index contributed by atoms with van der Waals surface area (Å²) in [5.74, 6) is 1.64. The van der Waals surface area contributed by atoms with Gasteiger partial charge in [-0.05, 0) is 42.7 Å². The Balaban J connectivity index is 1.52. The highest BCUT2D eigenvalue weighted by Crippen LogP contribution is 2.40. The molecule has 0 radical (unpaired) electrons. The standard InChI is InChI=1S/C21H19N5O2S/c27-15-9-7-13(8-10-15)19-18-16(5-3-6-17(18)28)23-20-24-21(25-26(19)20)29-12-14-4-1-2-11-22-14/h1-2,4,7-11,19,27H,3,5-6,12H2,(H,23,24,25)/t19-/m0/s1. The van der Waals surface area contributed by atoms with E-state index in [1.165, 1.54) is 11.8 Å². The van der Waals surface area contributed by atoms with Crippen LogP contribution in [-0.4, -0.2) is 30.6 Å². The van der Waals surface area contributed by atoms with E-state index in [4.69, 9.17) is 5.10 Å². The van der Waals surface area contributed by atoms with Gasteiger partial charge in [-0.25, -0.2) is 4.68 Å². The Morgan fingerprint density at radius 3 is 2.83 bits per heavy atom. The molecule has 3 aromatic rings. The number of phenols is 1. The molecule has 0 saturated heterocycles. The van der Waals surface area contributed by atoms with Gasteiger partial charge in [0.05, 0.1) is 5.69 Å². The van der Waals surface area contributed by atoms with E-state index in [9.17, 15) is 9.90 Å². The summed E-state index contributed by atoms with van der Waals surface area (Å²) in [6.45, 7) is 0. The average Bonchev–Trinajstić information content (AvgIpc) is 3.15. The number of anilines is 1. The Hall–Kier alpha value is -3.13. The van der Waals surface area contributed by atoms with E-state index < -0.39 is 0 Å². The molecule has 7 nitrogen and oxygen atoms in total. The second-order valence-electron chi connectivity index (χ2n) is 7.06. The van der Waals surface area contributed by atoms with Crippen molar-refractivity contribution in [3.8, 4) is 5.75 Å². The second kappa shape index (κ2) is 7.36. The van der Waals surface area contributed by atoms with E-state index >= 15 is 0 Å². The Morgan fingerprint density at radius 2 is 2.03 bits per heavy atom. The molecule has 0 bridgehead atoms. The molecule has 1 atom stereocenters. The molecule has 0 unspecified atom stereocenters. The number of rotatable bonds is 4. The van der Waals surface area contributed by atoms with Crippen molar-refractivity contribution >= 4 is 23.5 Å². The van der Waals surface area contributed by atoms with Crippen LogP contribution in [0.25, 0.3) is 0 Å². The number of pyridine rings is 1. The number of benzene rings is 1. The van der Waals surface area contributed by atoms with Crippen LogP contribution in [0.2, 0.25) is 0 Å². The predicted molar refractivity (Wildman–Crippen MR) is 110 cm³/mol. The number of thioether (sulfide) groups is 1. The molecular weight excluding hydrogens is 386 g/mol. The molecule has 0 saturated carbocycles. The van der Waals surface area contributed by atoms with Gasteiger partial charge < -0.3 is 10.4 Å². The summed E-state index contributed by atoms with van der Waals surface area (Å²) in [5.41, 5.74) is 3.54. The molecule has 1 aromatic carbocycles. The lowest BCUT2D eigenvalue weighted by molar-refractivity contribution is -0.116. The van der Waals surface area contributed by atoms with Gasteiger partial charge in [-0.3, -0.25) is 9.78 Å². The van der Waals surface area contributed by atoms with Crippen molar-refractivity contribution in [2.45, 2.75) is 36.2 Å². The van der Waals surface area contributed by atoms with Gasteiger partial charge in [0.1, 0.15) is 11.8 Å². The molecule has 2 N–H and O–H groups in total. The summed E-state index contributed by atoms with van der Waals surface area (Å²) < 4.78 is 1.79. The van der Waals surface area contributed by atoms with E-state index in [2.05, 4.69) is 15.3 Å². The van der Waals surface area contributed by atoms with Gasteiger partial charge in [-0.1, -0.05) is 30.0 Å². The first kappa shape index (κ1) is 17.9. The van der Waals surface area contributed by atoms with Gasteiger partial charge >= 0.3 is 0 Å². The minimum atomic E-state index is -0.341. The first-order chi connectivity index (χ1) is 14.2. The minimum Gasteiger partial charge on any atom is -0.508 e. The van der Waals surface area contributed by atoms with Gasteiger partial charge in [0, 0.05) is 29.6 Å². The number of carbonyl (C=O) groups excluding carboxylic acids is 1. The molecule has 0 spiro atoms. The average molecular weight is 405 g/mol. The molecule has 8 heteroatoms. The topological polar surface area (TPSA) is 92.9 Å². The Morgan fingerprint density at radius 1 is 1.17 bits per heavy atom. The van der Waals surface area contributed by atoms with Gasteiger partial charge in [0.2, 0.25) is 11.1 Å². The highest BCUT2D eigenvalue weighted by Gasteiger charge is 2.36. The summed E-state index contributed by atoms with van der Waals surface area (Å²) in [6.07, 6.45) is 3.97. The van der Waals surface area contributed by atoms with Gasteiger partial charge in [0.15, 0.2) is 5.78 Å². The first-order valence-corrected chi connectivity index (χ1v) is 10.5. The number of aromatic hydroxyl groups is 1. The fraction of sp³-hybridized carbons (Fsp3) is 0.238. The van der Waals surface area contributed by atoms with Crippen LogP contribution in [0.15, 0.2) is 65.1 Å². The van der Waals surface area contributed by atoms with Crippen molar-refractivity contribution in [3.63, 3.8) is 0 Å². The third kappa shape index (κ3) is 3.40. The number of carbonyl (C=O) groups is 1. The number of aromatic nitrogens is 4. The summed E-state index contributed by atoms with van der Waals surface area (Å²) in [4.78, 5) is 21.8. The summed E-state index contributed by atoms with van der Waals surface area (Å²) in [6, 6.07) is 12.4. The zero-order valence-corrected chi connectivity index (χ0v) is 16.4. The van der Waals surface area contributed by atoms with Crippen molar-refractivity contribution in [2.24, 2.45) is 0 Å². The highest BCUT2D eigenvalue weighted by atomic mass is 32.2. The first-order valence-electron chi connectivity index (χ1n) is 9.50. The van der Waals surface area contributed by atoms with Crippen LogP contribution in [0.1, 0.15) is 36.6 Å². The van der Waals surface area contributed by atoms with Crippen LogP contribution >= 0.6 is 11.8 Å². The predicted octanol–water partition coefficient (Wildman–Crippen LogP) is 3.69. The molecule has 146 valence electrons. The summed E-state index contributed by atoms with van der Waals surface area (Å²) >= 11 is 1.51. The zero-order chi connectivity index (χ0) is 19.8. The number of phenolic OH excluding ortho intramolecular Hbond substituents is 1. The smallest absolute Gasteiger partial charge is 0.227 e. The number of hydrogen-bond acceptors (Lipinski definition) is 7. The largest absolute Gasteiger partial charge is 0.508 e. The molecule has 29 heavy (non-hydrogen) atoms. The maximum Gasteiger partial charge on any atom is 0.227 e. The van der Waals surface area contributed by atoms with Crippen LogP contribution in [0.4, 0.5) is 5.95 Å². The number of nitrogens with one attached hydrogen (secondary N) is 1. The number of ketones is 1. The third-order valence-corrected chi connectivity index (χ3v) is 6.00. The monoisotopic (exact) mass is 405 g/mol. The van der Waals surface area contributed by atoms with E-state index in [0.29, 0.717) is 23.3 Å². The lowest BCUT2D eigenvalue weighted by Gasteiger charge is -2.32.